The van der Waals surface area contributed by atoms with Gasteiger partial charge in [0.15, 0.2) is 0 Å². The second kappa shape index (κ2) is 3.99. The fraction of sp³-hybridized carbons (Fsp3) is 0.636. The molecule has 1 aliphatic carbocycles. The summed E-state index contributed by atoms with van der Waals surface area (Å²) in [6.07, 6.45) is -3.78. The molecule has 0 spiro atoms. The lowest BCUT2D eigenvalue weighted by molar-refractivity contribution is -0.0893. The minimum atomic E-state index is -4.38. The van der Waals surface area contributed by atoms with Gasteiger partial charge < -0.3 is 0 Å². The molecule has 1 rings (SSSR count). The summed E-state index contributed by atoms with van der Waals surface area (Å²) < 4.78 is 50.9. The van der Waals surface area contributed by atoms with Crippen molar-refractivity contribution >= 4 is 0 Å². The van der Waals surface area contributed by atoms with Gasteiger partial charge in [0.25, 0.3) is 0 Å². The summed E-state index contributed by atoms with van der Waals surface area (Å²) in [5, 5.41) is 0. The highest BCUT2D eigenvalue weighted by Crippen LogP contribution is 2.37. The van der Waals surface area contributed by atoms with Gasteiger partial charge in [0.1, 0.15) is 6.17 Å². The first-order valence-corrected chi connectivity index (χ1v) is 4.88. The van der Waals surface area contributed by atoms with Crippen LogP contribution < -0.4 is 0 Å². The summed E-state index contributed by atoms with van der Waals surface area (Å²) in [6, 6.07) is 0. The lowest BCUT2D eigenvalue weighted by Gasteiger charge is -2.26. The van der Waals surface area contributed by atoms with Crippen LogP contribution in [0.1, 0.15) is 20.8 Å². The van der Waals surface area contributed by atoms with Gasteiger partial charge in [0.05, 0.1) is 5.57 Å². The van der Waals surface area contributed by atoms with E-state index in [1.54, 1.807) is 13.8 Å². The molecule has 2 atom stereocenters. The van der Waals surface area contributed by atoms with E-state index in [1.807, 2.05) is 0 Å². The van der Waals surface area contributed by atoms with E-state index in [1.165, 1.54) is 6.92 Å². The van der Waals surface area contributed by atoms with Crippen LogP contribution in [-0.4, -0.2) is 12.3 Å². The van der Waals surface area contributed by atoms with Gasteiger partial charge in [-0.3, -0.25) is 0 Å². The predicted molar refractivity (Wildman–Crippen MR) is 51.1 cm³/mol. The first kappa shape index (κ1) is 12.3. The van der Waals surface area contributed by atoms with Crippen LogP contribution in [-0.2, 0) is 0 Å². The minimum absolute atomic E-state index is 0.200. The van der Waals surface area contributed by atoms with Crippen LogP contribution in [0.4, 0.5) is 17.6 Å². The molecule has 0 radical (unpaired) electrons. The van der Waals surface area contributed by atoms with Crippen molar-refractivity contribution in [2.45, 2.75) is 33.1 Å². The number of hydrogen-bond donors (Lipinski definition) is 0. The van der Waals surface area contributed by atoms with Gasteiger partial charge >= 0.3 is 6.18 Å². The molecule has 0 amide bonds. The molecule has 0 aromatic heterocycles. The molecule has 0 N–H and O–H groups in total. The van der Waals surface area contributed by atoms with Gasteiger partial charge in [0.2, 0.25) is 0 Å². The maximum Gasteiger partial charge on any atom is 0.416 e. The number of rotatable bonds is 1. The minimum Gasteiger partial charge on any atom is -0.242 e. The number of halogens is 4. The average molecular weight is 222 g/mol. The Bertz CT molecular complexity index is 296. The van der Waals surface area contributed by atoms with Gasteiger partial charge in [-0.15, -0.1) is 0 Å². The second-order valence-corrected chi connectivity index (χ2v) is 4.18. The van der Waals surface area contributed by atoms with Crippen LogP contribution >= 0.6 is 0 Å². The third kappa shape index (κ3) is 2.61. The summed E-state index contributed by atoms with van der Waals surface area (Å²) in [4.78, 5) is 0. The Morgan fingerprint density at radius 1 is 1.27 bits per heavy atom. The molecule has 0 heterocycles. The third-order valence-corrected chi connectivity index (χ3v) is 2.54. The van der Waals surface area contributed by atoms with Crippen molar-refractivity contribution < 1.29 is 17.6 Å². The summed E-state index contributed by atoms with van der Waals surface area (Å²) in [5.41, 5.74) is -0.495. The van der Waals surface area contributed by atoms with E-state index in [0.717, 1.165) is 12.2 Å². The molecule has 0 aromatic rings. The smallest absolute Gasteiger partial charge is 0.242 e. The van der Waals surface area contributed by atoms with E-state index in [9.17, 15) is 17.6 Å². The Morgan fingerprint density at radius 3 is 2.20 bits per heavy atom. The van der Waals surface area contributed by atoms with Crippen molar-refractivity contribution in [3.8, 4) is 0 Å². The Hall–Kier alpha value is -0.800. The normalized spacial score (nSPS) is 27.7. The van der Waals surface area contributed by atoms with Crippen LogP contribution in [0.25, 0.3) is 0 Å². The monoisotopic (exact) mass is 222 g/mol. The molecular weight excluding hydrogens is 208 g/mol. The van der Waals surface area contributed by atoms with E-state index in [4.69, 9.17) is 0 Å². The molecular formula is C11H14F4. The third-order valence-electron chi connectivity index (χ3n) is 2.54. The van der Waals surface area contributed by atoms with E-state index in [2.05, 4.69) is 0 Å². The molecule has 0 saturated carbocycles. The Labute approximate surface area is 86.7 Å². The molecule has 2 unspecified atom stereocenters. The van der Waals surface area contributed by atoms with E-state index >= 15 is 0 Å². The zero-order valence-electron chi connectivity index (χ0n) is 8.90. The van der Waals surface area contributed by atoms with Crippen LogP contribution in [0.15, 0.2) is 23.3 Å². The van der Waals surface area contributed by atoms with Gasteiger partial charge in [-0.1, -0.05) is 26.8 Å². The average Bonchev–Trinajstić information content (AvgIpc) is 2.06. The fourth-order valence-corrected chi connectivity index (χ4v) is 1.64. The standard InChI is InChI=1S/C11H14F4/c1-6(2)9-5-8(11(13,14)15)4-7(3)10(9)12/h4-7,10H,1-3H3. The lowest BCUT2D eigenvalue weighted by Crippen LogP contribution is -2.25. The maximum atomic E-state index is 13.6. The van der Waals surface area contributed by atoms with E-state index in [-0.39, 0.29) is 11.5 Å². The highest BCUT2D eigenvalue weighted by Gasteiger charge is 2.37. The molecule has 0 aromatic carbocycles. The van der Waals surface area contributed by atoms with Gasteiger partial charge in [-0.05, 0) is 17.6 Å². The Kier molecular flexibility index (Phi) is 3.26. The lowest BCUT2D eigenvalue weighted by atomic mass is 9.84. The van der Waals surface area contributed by atoms with Crippen LogP contribution in [0.2, 0.25) is 0 Å². The highest BCUT2D eigenvalue weighted by atomic mass is 19.4. The summed E-state index contributed by atoms with van der Waals surface area (Å²) in [6.45, 7) is 4.86. The number of allylic oxidation sites excluding steroid dienone is 4. The summed E-state index contributed by atoms with van der Waals surface area (Å²) >= 11 is 0. The molecule has 0 bridgehead atoms. The van der Waals surface area contributed by atoms with Gasteiger partial charge in [0, 0.05) is 5.92 Å². The SMILES string of the molecule is CC(C)C1=CC(C(F)(F)F)=CC(C)C1F. The zero-order chi connectivity index (χ0) is 11.8. The van der Waals surface area contributed by atoms with E-state index < -0.39 is 23.8 Å². The highest BCUT2D eigenvalue weighted by molar-refractivity contribution is 5.36. The molecule has 0 fully saturated rings. The van der Waals surface area contributed by atoms with E-state index in [0.29, 0.717) is 0 Å². The maximum absolute atomic E-state index is 13.6. The Morgan fingerprint density at radius 2 is 1.80 bits per heavy atom. The molecule has 0 aliphatic heterocycles. The quantitative estimate of drug-likeness (QED) is 0.587. The Balaban J connectivity index is 3.08. The first-order chi connectivity index (χ1) is 6.73. The van der Waals surface area contributed by atoms with Crippen molar-refractivity contribution in [2.75, 3.05) is 0 Å². The number of alkyl halides is 4. The van der Waals surface area contributed by atoms with Crippen molar-refractivity contribution in [3.63, 3.8) is 0 Å². The van der Waals surface area contributed by atoms with Crippen molar-refractivity contribution in [3.05, 3.63) is 23.3 Å². The first-order valence-electron chi connectivity index (χ1n) is 4.88. The second-order valence-electron chi connectivity index (χ2n) is 4.18. The van der Waals surface area contributed by atoms with Crippen molar-refractivity contribution in [1.29, 1.82) is 0 Å². The topological polar surface area (TPSA) is 0 Å². The predicted octanol–water partition coefficient (Wildman–Crippen LogP) is 4.05. The molecule has 0 nitrogen and oxygen atoms in total. The molecule has 86 valence electrons. The summed E-state index contributed by atoms with van der Waals surface area (Å²) in [7, 11) is 0. The molecule has 15 heavy (non-hydrogen) atoms. The zero-order valence-corrected chi connectivity index (χ0v) is 8.90. The van der Waals surface area contributed by atoms with Crippen molar-refractivity contribution in [1.82, 2.24) is 0 Å². The van der Waals surface area contributed by atoms with Crippen LogP contribution in [0.3, 0.4) is 0 Å². The number of hydrogen-bond acceptors (Lipinski definition) is 0. The fourth-order valence-electron chi connectivity index (χ4n) is 1.64. The van der Waals surface area contributed by atoms with Crippen molar-refractivity contribution in [2.24, 2.45) is 11.8 Å². The van der Waals surface area contributed by atoms with Crippen LogP contribution in [0.5, 0.6) is 0 Å². The van der Waals surface area contributed by atoms with Crippen LogP contribution in [0, 0.1) is 11.8 Å². The summed E-state index contributed by atoms with van der Waals surface area (Å²) in [5.74, 6) is -0.905. The largest absolute Gasteiger partial charge is 0.416 e. The molecule has 4 heteroatoms. The van der Waals surface area contributed by atoms with Gasteiger partial charge in [-0.2, -0.15) is 13.2 Å². The van der Waals surface area contributed by atoms with Gasteiger partial charge in [-0.25, -0.2) is 4.39 Å². The molecule has 0 saturated heterocycles. The molecule has 1 aliphatic rings.